The molecule has 0 radical (unpaired) electrons. The van der Waals surface area contributed by atoms with Crippen molar-refractivity contribution in [1.82, 2.24) is 5.32 Å². The van der Waals surface area contributed by atoms with Crippen molar-refractivity contribution in [1.29, 1.82) is 0 Å². The van der Waals surface area contributed by atoms with Crippen LogP contribution in [0.5, 0.6) is 0 Å². The standard InChI is InChI=1S/C15H16FNO2S2/c1-15(19,13-3-2-8-20-13)10-17-14(18)9-21-12-6-4-11(16)5-7-12/h2-8,19H,9-10H2,1H3,(H,17,18). The van der Waals surface area contributed by atoms with Crippen LogP contribution in [-0.4, -0.2) is 23.3 Å². The summed E-state index contributed by atoms with van der Waals surface area (Å²) in [6, 6.07) is 9.69. The first-order valence-electron chi connectivity index (χ1n) is 6.39. The number of hydrogen-bond donors (Lipinski definition) is 2. The number of carbonyl (C=O) groups excluding carboxylic acids is 1. The van der Waals surface area contributed by atoms with Crippen molar-refractivity contribution < 1.29 is 14.3 Å². The van der Waals surface area contributed by atoms with Gasteiger partial charge in [0.15, 0.2) is 0 Å². The fourth-order valence-corrected chi connectivity index (χ4v) is 3.19. The summed E-state index contributed by atoms with van der Waals surface area (Å²) in [6.07, 6.45) is 0. The van der Waals surface area contributed by atoms with Gasteiger partial charge in [-0.1, -0.05) is 6.07 Å². The lowest BCUT2D eigenvalue weighted by Gasteiger charge is -2.22. The van der Waals surface area contributed by atoms with Crippen LogP contribution >= 0.6 is 23.1 Å². The second-order valence-electron chi connectivity index (χ2n) is 4.77. The van der Waals surface area contributed by atoms with E-state index in [0.29, 0.717) is 0 Å². The molecule has 0 spiro atoms. The molecule has 0 saturated carbocycles. The maximum Gasteiger partial charge on any atom is 0.230 e. The van der Waals surface area contributed by atoms with Gasteiger partial charge in [-0.25, -0.2) is 4.39 Å². The molecule has 0 fully saturated rings. The van der Waals surface area contributed by atoms with Gasteiger partial charge in [0.25, 0.3) is 0 Å². The zero-order valence-electron chi connectivity index (χ0n) is 11.5. The Bertz CT molecular complexity index is 582. The Morgan fingerprint density at radius 2 is 2.10 bits per heavy atom. The zero-order chi connectivity index (χ0) is 15.3. The van der Waals surface area contributed by atoms with Crippen LogP contribution in [0.2, 0.25) is 0 Å². The highest BCUT2D eigenvalue weighted by Gasteiger charge is 2.24. The van der Waals surface area contributed by atoms with E-state index in [2.05, 4.69) is 5.32 Å². The molecule has 1 aromatic carbocycles. The smallest absolute Gasteiger partial charge is 0.230 e. The van der Waals surface area contributed by atoms with Crippen LogP contribution < -0.4 is 5.32 Å². The third-order valence-electron chi connectivity index (χ3n) is 2.87. The van der Waals surface area contributed by atoms with E-state index in [4.69, 9.17) is 0 Å². The van der Waals surface area contributed by atoms with Crippen LogP contribution in [0.3, 0.4) is 0 Å². The summed E-state index contributed by atoms with van der Waals surface area (Å²) < 4.78 is 12.8. The van der Waals surface area contributed by atoms with E-state index in [1.54, 1.807) is 19.1 Å². The molecule has 1 heterocycles. The average molecular weight is 325 g/mol. The van der Waals surface area contributed by atoms with Gasteiger partial charge >= 0.3 is 0 Å². The lowest BCUT2D eigenvalue weighted by Crippen LogP contribution is -2.38. The Labute approximate surface area is 131 Å². The number of aliphatic hydroxyl groups is 1. The van der Waals surface area contributed by atoms with Crippen LogP contribution in [0.25, 0.3) is 0 Å². The van der Waals surface area contributed by atoms with Crippen LogP contribution in [0.1, 0.15) is 11.8 Å². The topological polar surface area (TPSA) is 49.3 Å². The van der Waals surface area contributed by atoms with Crippen molar-refractivity contribution in [3.63, 3.8) is 0 Å². The van der Waals surface area contributed by atoms with Crippen molar-refractivity contribution >= 4 is 29.0 Å². The molecule has 6 heteroatoms. The third-order valence-corrected chi connectivity index (χ3v) is 5.00. The number of thiophene rings is 1. The molecule has 0 saturated heterocycles. The van der Waals surface area contributed by atoms with E-state index in [9.17, 15) is 14.3 Å². The first kappa shape index (κ1) is 16.0. The van der Waals surface area contributed by atoms with E-state index in [-0.39, 0.29) is 24.0 Å². The Balaban J connectivity index is 1.78. The number of halogens is 1. The van der Waals surface area contributed by atoms with Crippen molar-refractivity contribution in [3.8, 4) is 0 Å². The van der Waals surface area contributed by atoms with Gasteiger partial charge in [-0.3, -0.25) is 4.79 Å². The van der Waals surface area contributed by atoms with Crippen LogP contribution in [0.15, 0.2) is 46.7 Å². The molecule has 1 aromatic heterocycles. The van der Waals surface area contributed by atoms with E-state index < -0.39 is 5.60 Å². The maximum absolute atomic E-state index is 12.8. The molecule has 0 aliphatic rings. The van der Waals surface area contributed by atoms with Gasteiger partial charge in [0.1, 0.15) is 11.4 Å². The normalized spacial score (nSPS) is 13.7. The molecule has 3 nitrogen and oxygen atoms in total. The minimum absolute atomic E-state index is 0.163. The number of amides is 1. The highest BCUT2D eigenvalue weighted by molar-refractivity contribution is 8.00. The number of benzene rings is 1. The predicted octanol–water partition coefficient (Wildman–Crippen LogP) is 3.00. The van der Waals surface area contributed by atoms with Gasteiger partial charge < -0.3 is 10.4 Å². The fourth-order valence-electron chi connectivity index (χ4n) is 1.67. The van der Waals surface area contributed by atoms with Crippen molar-refractivity contribution in [3.05, 3.63) is 52.5 Å². The monoisotopic (exact) mass is 325 g/mol. The first-order valence-corrected chi connectivity index (χ1v) is 8.25. The molecule has 2 rings (SSSR count). The molecule has 1 amide bonds. The van der Waals surface area contributed by atoms with Gasteiger partial charge in [-0.15, -0.1) is 23.1 Å². The molecular weight excluding hydrogens is 309 g/mol. The van der Waals surface area contributed by atoms with Crippen molar-refractivity contribution in [2.24, 2.45) is 0 Å². The average Bonchev–Trinajstić information content (AvgIpc) is 3.00. The molecular formula is C15H16FNO2S2. The molecule has 112 valence electrons. The Morgan fingerprint density at radius 1 is 1.38 bits per heavy atom. The molecule has 2 aromatic rings. The molecule has 21 heavy (non-hydrogen) atoms. The van der Waals surface area contributed by atoms with E-state index in [1.165, 1.54) is 35.2 Å². The van der Waals surface area contributed by atoms with Gasteiger partial charge in [-0.05, 0) is 42.6 Å². The minimum atomic E-state index is -1.07. The minimum Gasteiger partial charge on any atom is -0.383 e. The van der Waals surface area contributed by atoms with E-state index in [0.717, 1.165) is 9.77 Å². The van der Waals surface area contributed by atoms with Gasteiger partial charge in [-0.2, -0.15) is 0 Å². The van der Waals surface area contributed by atoms with E-state index >= 15 is 0 Å². The molecule has 0 aliphatic carbocycles. The summed E-state index contributed by atoms with van der Waals surface area (Å²) in [5.74, 6) is -0.233. The maximum atomic E-state index is 12.8. The largest absolute Gasteiger partial charge is 0.383 e. The summed E-state index contributed by atoms with van der Waals surface area (Å²) in [5.41, 5.74) is -1.07. The lowest BCUT2D eigenvalue weighted by molar-refractivity contribution is -0.119. The lowest BCUT2D eigenvalue weighted by atomic mass is 10.1. The summed E-state index contributed by atoms with van der Waals surface area (Å²) >= 11 is 2.78. The number of rotatable bonds is 6. The molecule has 0 aliphatic heterocycles. The first-order chi connectivity index (χ1) is 9.97. The predicted molar refractivity (Wildman–Crippen MR) is 84.0 cm³/mol. The second kappa shape index (κ2) is 7.06. The van der Waals surface area contributed by atoms with Crippen LogP contribution in [0.4, 0.5) is 4.39 Å². The highest BCUT2D eigenvalue weighted by Crippen LogP contribution is 2.24. The number of carbonyl (C=O) groups is 1. The molecule has 1 unspecified atom stereocenters. The quantitative estimate of drug-likeness (QED) is 0.803. The highest BCUT2D eigenvalue weighted by atomic mass is 32.2. The summed E-state index contributed by atoms with van der Waals surface area (Å²) in [7, 11) is 0. The van der Waals surface area contributed by atoms with Crippen LogP contribution in [0, 0.1) is 5.82 Å². The van der Waals surface area contributed by atoms with E-state index in [1.807, 2.05) is 17.5 Å². The van der Waals surface area contributed by atoms with Crippen molar-refractivity contribution in [2.75, 3.05) is 12.3 Å². The van der Waals surface area contributed by atoms with Gasteiger partial charge in [0.2, 0.25) is 5.91 Å². The number of hydrogen-bond acceptors (Lipinski definition) is 4. The second-order valence-corrected chi connectivity index (χ2v) is 6.77. The molecule has 0 bridgehead atoms. The van der Waals surface area contributed by atoms with Crippen LogP contribution in [-0.2, 0) is 10.4 Å². The zero-order valence-corrected chi connectivity index (χ0v) is 13.1. The Morgan fingerprint density at radius 3 is 2.71 bits per heavy atom. The number of nitrogens with one attached hydrogen (secondary N) is 1. The Hall–Kier alpha value is -1.37. The summed E-state index contributed by atoms with van der Waals surface area (Å²) in [4.78, 5) is 13.4. The third kappa shape index (κ3) is 4.84. The number of thioether (sulfide) groups is 1. The van der Waals surface area contributed by atoms with Gasteiger partial charge in [0, 0.05) is 9.77 Å². The SMILES string of the molecule is CC(O)(CNC(=O)CSc1ccc(F)cc1)c1cccs1. The fraction of sp³-hybridized carbons (Fsp3) is 0.267. The summed E-state index contributed by atoms with van der Waals surface area (Å²) in [5, 5.41) is 14.9. The molecule has 2 N–H and O–H groups in total. The summed E-state index contributed by atoms with van der Waals surface area (Å²) in [6.45, 7) is 1.84. The van der Waals surface area contributed by atoms with Crippen molar-refractivity contribution in [2.45, 2.75) is 17.4 Å². The molecule has 1 atom stereocenters. The Kier molecular flexibility index (Phi) is 5.39. The van der Waals surface area contributed by atoms with Gasteiger partial charge in [0.05, 0.1) is 12.3 Å².